The number of aromatic hydroxyl groups is 1. The van der Waals surface area contributed by atoms with Gasteiger partial charge in [-0.2, -0.15) is 0 Å². The maximum atomic E-state index is 9.21. The van der Waals surface area contributed by atoms with Gasteiger partial charge in [0.15, 0.2) is 5.52 Å². The highest BCUT2D eigenvalue weighted by molar-refractivity contribution is 5.84. The molecule has 6 N–H and O–H groups in total. The highest BCUT2D eigenvalue weighted by Gasteiger charge is 2.20. The average molecular weight is 186 g/mol. The van der Waals surface area contributed by atoms with Crippen molar-refractivity contribution in [2.75, 3.05) is 5.73 Å². The molecule has 8 heteroatoms. The minimum Gasteiger partial charge on any atom is -0.501 e. The number of nitrogens with zero attached hydrogens (tertiary/aromatic N) is 2. The Kier molecular flexibility index (Phi) is 1.09. The zero-order valence-corrected chi connectivity index (χ0v) is 6.22. The van der Waals surface area contributed by atoms with Crippen LogP contribution in [0, 0.1) is 5.41 Å². The fourth-order valence-electron chi connectivity index (χ4n) is 1.06. The summed E-state index contributed by atoms with van der Waals surface area (Å²) >= 11 is 0. The Morgan fingerprint density at radius 3 is 2.46 bits per heavy atom. The fourth-order valence-corrected chi connectivity index (χ4v) is 1.06. The number of hydrogen-bond acceptors (Lipinski definition) is 6. The predicted molar refractivity (Wildman–Crippen MR) is 38.5 cm³/mol. The van der Waals surface area contributed by atoms with E-state index in [0.717, 1.165) is 0 Å². The summed E-state index contributed by atoms with van der Waals surface area (Å²) in [6.07, 6.45) is 0. The monoisotopic (exact) mass is 186 g/mol. The summed E-state index contributed by atoms with van der Waals surface area (Å²) in [5.41, 5.74) is 4.22. The zero-order valence-electron chi connectivity index (χ0n) is 6.22. The predicted octanol–water partition coefficient (Wildman–Crippen LogP) is -0.722. The maximum absolute atomic E-state index is 9.21. The van der Waals surface area contributed by atoms with Crippen LogP contribution in [0.4, 0.5) is 5.88 Å². The molecule has 0 bridgehead atoms. The lowest BCUT2D eigenvalue weighted by Gasteiger charge is -1.95. The van der Waals surface area contributed by atoms with E-state index in [1.807, 2.05) is 0 Å². The summed E-state index contributed by atoms with van der Waals surface area (Å²) in [5.74, 6) is -0.833. The molecule has 8 nitrogen and oxygen atoms in total. The van der Waals surface area contributed by atoms with Gasteiger partial charge in [0, 0.05) is 0 Å². The number of nitrogens with one attached hydrogen (secondary N) is 1. The van der Waals surface area contributed by atoms with Crippen molar-refractivity contribution in [3.05, 3.63) is 5.49 Å². The molecule has 0 amide bonds. The van der Waals surface area contributed by atoms with Crippen molar-refractivity contribution >= 4 is 17.0 Å². The molecule has 0 saturated heterocycles. The smallest absolute Gasteiger partial charge is 0.236 e. The highest BCUT2D eigenvalue weighted by atomic mass is 16.6. The van der Waals surface area contributed by atoms with Gasteiger partial charge < -0.3 is 25.7 Å². The minimum absolute atomic E-state index is 0.104. The van der Waals surface area contributed by atoms with E-state index < -0.39 is 11.2 Å². The van der Waals surface area contributed by atoms with Gasteiger partial charge in [-0.3, -0.25) is 5.41 Å². The van der Waals surface area contributed by atoms with Crippen LogP contribution in [0.2, 0.25) is 0 Å². The van der Waals surface area contributed by atoms with Gasteiger partial charge in [0.1, 0.15) is 0 Å². The van der Waals surface area contributed by atoms with E-state index in [0.29, 0.717) is 0 Å². The fraction of sp³-hybridized carbons (Fsp3) is 0. The zero-order chi connectivity index (χ0) is 9.75. The highest BCUT2D eigenvalue weighted by Crippen LogP contribution is 2.31. The van der Waals surface area contributed by atoms with E-state index in [1.54, 1.807) is 0 Å². The van der Waals surface area contributed by atoms with Crippen LogP contribution >= 0.6 is 0 Å². The minimum atomic E-state index is -0.515. The molecule has 0 saturated carbocycles. The van der Waals surface area contributed by atoms with Gasteiger partial charge in [0.2, 0.25) is 22.7 Å². The first-order valence-electron chi connectivity index (χ1n) is 3.22. The molecule has 0 fully saturated rings. The average Bonchev–Trinajstić information content (AvgIpc) is 2.48. The van der Waals surface area contributed by atoms with Gasteiger partial charge >= 0.3 is 0 Å². The molecule has 2 aromatic rings. The van der Waals surface area contributed by atoms with E-state index in [2.05, 4.69) is 0 Å². The first kappa shape index (κ1) is 7.40. The lowest BCUT2D eigenvalue weighted by molar-refractivity contribution is -0.0110. The Bertz CT molecular complexity index is 533. The third-order valence-electron chi connectivity index (χ3n) is 1.68. The van der Waals surface area contributed by atoms with E-state index in [1.165, 1.54) is 0 Å². The SMILES string of the molecule is N=c1c2oc(N)c(O)c2n(O)n1O. The Labute approximate surface area is 70.0 Å². The Morgan fingerprint density at radius 1 is 1.31 bits per heavy atom. The van der Waals surface area contributed by atoms with Crippen molar-refractivity contribution in [1.29, 1.82) is 5.41 Å². The van der Waals surface area contributed by atoms with Gasteiger partial charge in [-0.05, 0) is 0 Å². The summed E-state index contributed by atoms with van der Waals surface area (Å²) in [6.45, 7) is 0. The Balaban J connectivity index is 3.10. The van der Waals surface area contributed by atoms with Crippen LogP contribution in [-0.2, 0) is 0 Å². The molecule has 0 spiro atoms. The van der Waals surface area contributed by atoms with Crippen LogP contribution < -0.4 is 11.2 Å². The van der Waals surface area contributed by atoms with Gasteiger partial charge in [-0.1, -0.05) is 9.69 Å². The van der Waals surface area contributed by atoms with Gasteiger partial charge in [-0.25, -0.2) is 0 Å². The summed E-state index contributed by atoms with van der Waals surface area (Å²) in [4.78, 5) is 0.264. The van der Waals surface area contributed by atoms with Crippen molar-refractivity contribution in [3.63, 3.8) is 0 Å². The molecule has 70 valence electrons. The van der Waals surface area contributed by atoms with E-state index in [9.17, 15) is 5.11 Å². The summed E-state index contributed by atoms with van der Waals surface area (Å²) in [6, 6.07) is 0. The molecular weight excluding hydrogens is 180 g/mol. The van der Waals surface area contributed by atoms with E-state index in [-0.39, 0.29) is 26.7 Å². The van der Waals surface area contributed by atoms with Crippen LogP contribution in [0.5, 0.6) is 5.75 Å². The van der Waals surface area contributed by atoms with Crippen molar-refractivity contribution < 1.29 is 19.9 Å². The molecule has 2 rings (SSSR count). The van der Waals surface area contributed by atoms with E-state index in [4.69, 9.17) is 26.0 Å². The lowest BCUT2D eigenvalue weighted by atomic mass is 10.4. The molecule has 0 unspecified atom stereocenters. The van der Waals surface area contributed by atoms with Gasteiger partial charge in [0.05, 0.1) is 0 Å². The molecule has 0 radical (unpaired) electrons. The number of furan rings is 1. The lowest BCUT2D eigenvalue weighted by Crippen LogP contribution is -2.19. The third-order valence-corrected chi connectivity index (χ3v) is 1.68. The molecule has 13 heavy (non-hydrogen) atoms. The number of aromatic nitrogens is 2. The third kappa shape index (κ3) is 0.662. The van der Waals surface area contributed by atoms with Crippen molar-refractivity contribution in [2.24, 2.45) is 0 Å². The van der Waals surface area contributed by atoms with Crippen LogP contribution in [0.15, 0.2) is 4.42 Å². The second-order valence-corrected chi connectivity index (χ2v) is 2.42. The number of hydrogen-bond donors (Lipinski definition) is 5. The number of rotatable bonds is 0. The van der Waals surface area contributed by atoms with Gasteiger partial charge in [0.25, 0.3) is 0 Å². The van der Waals surface area contributed by atoms with E-state index >= 15 is 0 Å². The number of nitrogen functional groups attached to an aromatic ring is 1. The standard InChI is InChI=1S/C5H6N4O4/c6-4-3-1(8(11)9(4)12)2(10)5(7)13-3/h6,10-12H,7H2. The number of nitrogens with two attached hydrogens (primary N) is 1. The topological polar surface area (TPSA) is 134 Å². The quantitative estimate of drug-likeness (QED) is 0.346. The first-order chi connectivity index (χ1) is 6.04. The van der Waals surface area contributed by atoms with Crippen LogP contribution in [0.25, 0.3) is 11.1 Å². The van der Waals surface area contributed by atoms with Crippen LogP contribution in [0.3, 0.4) is 0 Å². The molecule has 2 aromatic heterocycles. The summed E-state index contributed by atoms with van der Waals surface area (Å²) in [7, 11) is 0. The normalized spacial score (nSPS) is 11.1. The second-order valence-electron chi connectivity index (χ2n) is 2.42. The number of fused-ring (bicyclic) bond motifs is 1. The van der Waals surface area contributed by atoms with Gasteiger partial charge in [-0.15, -0.1) is 0 Å². The first-order valence-corrected chi connectivity index (χ1v) is 3.22. The van der Waals surface area contributed by atoms with Crippen LogP contribution in [0.1, 0.15) is 0 Å². The second kappa shape index (κ2) is 1.91. The molecule has 0 atom stereocenters. The Morgan fingerprint density at radius 2 is 1.92 bits per heavy atom. The Hall–Kier alpha value is -2.25. The molecule has 0 aliphatic rings. The molecule has 0 aliphatic carbocycles. The summed E-state index contributed by atoms with van der Waals surface area (Å²) < 4.78 is 4.71. The van der Waals surface area contributed by atoms with Crippen molar-refractivity contribution in [1.82, 2.24) is 9.69 Å². The summed E-state index contributed by atoms with van der Waals surface area (Å²) in [5, 5.41) is 34.5. The maximum Gasteiger partial charge on any atom is 0.236 e. The molecule has 0 aromatic carbocycles. The van der Waals surface area contributed by atoms with Crippen LogP contribution in [-0.4, -0.2) is 25.2 Å². The molecule has 0 aliphatic heterocycles. The van der Waals surface area contributed by atoms with Crippen molar-refractivity contribution in [3.8, 4) is 5.75 Å². The number of anilines is 1. The van der Waals surface area contributed by atoms with Crippen molar-refractivity contribution in [2.45, 2.75) is 0 Å². The molecule has 2 heterocycles. The molecular formula is C5H6N4O4. The largest absolute Gasteiger partial charge is 0.501 e.